The van der Waals surface area contributed by atoms with E-state index in [0.717, 1.165) is 41.9 Å². The Hall–Kier alpha value is -3.51. The number of nitrogens with zero attached hydrogens (tertiary/aromatic N) is 7. The summed E-state index contributed by atoms with van der Waals surface area (Å²) in [6, 6.07) is 7.73. The molecule has 2 aliphatic rings. The second-order valence-corrected chi connectivity index (χ2v) is 9.01. The summed E-state index contributed by atoms with van der Waals surface area (Å²) in [5, 5.41) is 24.2. The molecular formula is C24H27N7O2. The lowest BCUT2D eigenvalue weighted by atomic mass is 9.98. The number of anilines is 1. The van der Waals surface area contributed by atoms with Gasteiger partial charge in [-0.3, -0.25) is 9.78 Å². The Morgan fingerprint density at radius 1 is 1.24 bits per heavy atom. The molecule has 2 aliphatic heterocycles. The quantitative estimate of drug-likeness (QED) is 0.659. The van der Waals surface area contributed by atoms with Crippen LogP contribution in [0.4, 0.5) is 5.82 Å². The van der Waals surface area contributed by atoms with Crippen molar-refractivity contribution in [1.82, 2.24) is 24.5 Å². The van der Waals surface area contributed by atoms with Crippen molar-refractivity contribution in [3.05, 3.63) is 53.1 Å². The van der Waals surface area contributed by atoms with Crippen molar-refractivity contribution in [2.75, 3.05) is 24.5 Å². The zero-order valence-corrected chi connectivity index (χ0v) is 18.8. The Bertz CT molecular complexity index is 1250. The average molecular weight is 446 g/mol. The molecule has 0 aliphatic carbocycles. The molecule has 0 aromatic carbocycles. The molecule has 170 valence electrons. The summed E-state index contributed by atoms with van der Waals surface area (Å²) in [7, 11) is 0. The Morgan fingerprint density at radius 2 is 2.09 bits per heavy atom. The third-order valence-electron chi connectivity index (χ3n) is 6.70. The van der Waals surface area contributed by atoms with Gasteiger partial charge in [-0.2, -0.15) is 10.4 Å². The number of aryl methyl sites for hydroxylation is 2. The van der Waals surface area contributed by atoms with Gasteiger partial charge in [0.25, 0.3) is 5.91 Å². The number of carbonyl (C=O) groups is 1. The van der Waals surface area contributed by atoms with E-state index >= 15 is 0 Å². The zero-order chi connectivity index (χ0) is 23.1. The molecule has 3 atom stereocenters. The number of aliphatic hydroxyl groups is 1. The highest BCUT2D eigenvalue weighted by molar-refractivity contribution is 5.94. The van der Waals surface area contributed by atoms with Crippen molar-refractivity contribution in [2.45, 2.75) is 45.3 Å². The van der Waals surface area contributed by atoms with E-state index < -0.39 is 12.0 Å². The fourth-order valence-corrected chi connectivity index (χ4v) is 4.92. The summed E-state index contributed by atoms with van der Waals surface area (Å²) in [5.74, 6) is 0.277. The van der Waals surface area contributed by atoms with E-state index in [9.17, 15) is 15.2 Å². The van der Waals surface area contributed by atoms with E-state index in [1.807, 2.05) is 48.0 Å². The van der Waals surface area contributed by atoms with Gasteiger partial charge in [-0.05, 0) is 44.7 Å². The third-order valence-corrected chi connectivity index (χ3v) is 6.70. The molecule has 0 spiro atoms. The Labute approximate surface area is 192 Å². The van der Waals surface area contributed by atoms with Crippen LogP contribution >= 0.6 is 0 Å². The lowest BCUT2D eigenvalue weighted by molar-refractivity contribution is 0.0598. The first-order chi connectivity index (χ1) is 16.0. The van der Waals surface area contributed by atoms with Gasteiger partial charge in [0.15, 0.2) is 5.65 Å². The highest BCUT2D eigenvalue weighted by atomic mass is 16.3. The Morgan fingerprint density at radius 3 is 2.85 bits per heavy atom. The maximum absolute atomic E-state index is 13.3. The van der Waals surface area contributed by atoms with Crippen LogP contribution in [0.25, 0.3) is 5.65 Å². The lowest BCUT2D eigenvalue weighted by Gasteiger charge is -2.34. The van der Waals surface area contributed by atoms with Gasteiger partial charge in [0.1, 0.15) is 11.5 Å². The number of aliphatic hydroxyl groups excluding tert-OH is 1. The second-order valence-electron chi connectivity index (χ2n) is 9.01. The number of aromatic nitrogens is 4. The number of rotatable bonds is 3. The van der Waals surface area contributed by atoms with Crippen molar-refractivity contribution in [2.24, 2.45) is 5.92 Å². The van der Waals surface area contributed by atoms with Gasteiger partial charge in [0.2, 0.25) is 0 Å². The van der Waals surface area contributed by atoms with E-state index in [-0.39, 0.29) is 11.9 Å². The average Bonchev–Trinajstić information content (AvgIpc) is 3.40. The van der Waals surface area contributed by atoms with E-state index in [0.29, 0.717) is 31.0 Å². The fraction of sp³-hybridized carbons (Fsp3) is 0.458. The number of amides is 1. The summed E-state index contributed by atoms with van der Waals surface area (Å²) in [5.41, 5.74) is 3.78. The van der Waals surface area contributed by atoms with Gasteiger partial charge in [-0.15, -0.1) is 0 Å². The molecule has 2 saturated heterocycles. The van der Waals surface area contributed by atoms with Crippen molar-refractivity contribution >= 4 is 17.4 Å². The summed E-state index contributed by atoms with van der Waals surface area (Å²) >= 11 is 0. The standard InChI is InChI=1S/C24H27N7O2/c1-15-6-5-8-26-22(15)24(33)30-9-4-3-7-19(30)18-10-21-27-23(16(2)12-31(21)28-18)29-13-17(11-25)20(32)14-29/h5-6,8,10,12,17,19-20,32H,3-4,7,9,13-14H2,1-2H3/t17-,19+,20+/m1/s1. The SMILES string of the molecule is Cc1cccnc1C(=O)N1CCCC[C@H]1c1cc2nc(N3C[C@@H](C#N)[C@@H](O)C3)c(C)cn2n1. The van der Waals surface area contributed by atoms with Crippen LogP contribution in [0.15, 0.2) is 30.6 Å². The predicted molar refractivity (Wildman–Crippen MR) is 122 cm³/mol. The maximum atomic E-state index is 13.3. The van der Waals surface area contributed by atoms with Crippen LogP contribution in [0.3, 0.4) is 0 Å². The number of nitriles is 1. The van der Waals surface area contributed by atoms with Crippen LogP contribution in [0.1, 0.15) is 52.6 Å². The fourth-order valence-electron chi connectivity index (χ4n) is 4.92. The van der Waals surface area contributed by atoms with Crippen LogP contribution in [0, 0.1) is 31.1 Å². The molecule has 5 heterocycles. The van der Waals surface area contributed by atoms with Crippen molar-refractivity contribution in [3.8, 4) is 6.07 Å². The minimum atomic E-state index is -0.676. The minimum absolute atomic E-state index is 0.0618. The number of hydrogen-bond donors (Lipinski definition) is 1. The van der Waals surface area contributed by atoms with E-state index in [1.165, 1.54) is 0 Å². The molecule has 9 heteroatoms. The molecule has 2 fully saturated rings. The monoisotopic (exact) mass is 445 g/mol. The summed E-state index contributed by atoms with van der Waals surface area (Å²) in [6.07, 6.45) is 5.73. The summed E-state index contributed by atoms with van der Waals surface area (Å²) < 4.78 is 1.76. The number of carbonyl (C=O) groups excluding carboxylic acids is 1. The molecule has 0 unspecified atom stereocenters. The van der Waals surface area contributed by atoms with Crippen LogP contribution in [-0.2, 0) is 0 Å². The Kier molecular flexibility index (Phi) is 5.46. The number of hydrogen-bond acceptors (Lipinski definition) is 7. The lowest BCUT2D eigenvalue weighted by Crippen LogP contribution is -2.39. The first-order valence-corrected chi connectivity index (χ1v) is 11.4. The highest BCUT2D eigenvalue weighted by Gasteiger charge is 2.34. The first-order valence-electron chi connectivity index (χ1n) is 11.4. The summed E-state index contributed by atoms with van der Waals surface area (Å²) in [4.78, 5) is 26.3. The molecule has 0 saturated carbocycles. The topological polar surface area (TPSA) is 111 Å². The van der Waals surface area contributed by atoms with Crippen molar-refractivity contribution in [3.63, 3.8) is 0 Å². The minimum Gasteiger partial charge on any atom is -0.390 e. The van der Waals surface area contributed by atoms with Crippen LogP contribution < -0.4 is 4.90 Å². The van der Waals surface area contributed by atoms with Gasteiger partial charge < -0.3 is 14.9 Å². The van der Waals surface area contributed by atoms with Crippen LogP contribution in [0.2, 0.25) is 0 Å². The number of fused-ring (bicyclic) bond motifs is 1. The normalized spacial score (nSPS) is 23.2. The molecule has 33 heavy (non-hydrogen) atoms. The molecule has 1 N–H and O–H groups in total. The van der Waals surface area contributed by atoms with Gasteiger partial charge in [0.05, 0.1) is 29.8 Å². The van der Waals surface area contributed by atoms with Gasteiger partial charge in [0, 0.05) is 43.7 Å². The van der Waals surface area contributed by atoms with Crippen molar-refractivity contribution < 1.29 is 9.90 Å². The van der Waals surface area contributed by atoms with Gasteiger partial charge >= 0.3 is 0 Å². The van der Waals surface area contributed by atoms with Crippen LogP contribution in [-0.4, -0.2) is 61.2 Å². The molecule has 5 rings (SSSR count). The largest absolute Gasteiger partial charge is 0.390 e. The molecule has 1 amide bonds. The van der Waals surface area contributed by atoms with Crippen molar-refractivity contribution in [1.29, 1.82) is 5.26 Å². The maximum Gasteiger partial charge on any atom is 0.273 e. The van der Waals surface area contributed by atoms with E-state index in [1.54, 1.807) is 10.7 Å². The van der Waals surface area contributed by atoms with E-state index in [4.69, 9.17) is 10.1 Å². The van der Waals surface area contributed by atoms with E-state index in [2.05, 4.69) is 11.1 Å². The Balaban J connectivity index is 1.47. The number of likely N-dealkylation sites (tertiary alicyclic amines) is 1. The highest BCUT2D eigenvalue weighted by Crippen LogP contribution is 2.33. The van der Waals surface area contributed by atoms with Crippen LogP contribution in [0.5, 0.6) is 0 Å². The predicted octanol–water partition coefficient (Wildman–Crippen LogP) is 2.43. The zero-order valence-electron chi connectivity index (χ0n) is 18.8. The number of pyridine rings is 1. The number of β-amino-alcohol motifs (C(OH)–C–C–N with tert-alkyl or cyclic N) is 1. The first kappa shape index (κ1) is 21.3. The molecular weight excluding hydrogens is 418 g/mol. The second kappa shape index (κ2) is 8.45. The smallest absolute Gasteiger partial charge is 0.273 e. The van der Waals surface area contributed by atoms with Gasteiger partial charge in [-0.1, -0.05) is 6.07 Å². The number of piperidine rings is 1. The molecule has 0 radical (unpaired) electrons. The summed E-state index contributed by atoms with van der Waals surface area (Å²) in [6.45, 7) is 5.38. The third kappa shape index (κ3) is 3.80. The van der Waals surface area contributed by atoms with Gasteiger partial charge in [-0.25, -0.2) is 9.50 Å². The molecule has 0 bridgehead atoms. The molecule has 3 aromatic rings. The molecule has 3 aromatic heterocycles. The molecule has 9 nitrogen and oxygen atoms in total.